The monoisotopic (exact) mass is 656 g/mol. The number of benzene rings is 6. The summed E-state index contributed by atoms with van der Waals surface area (Å²) in [5.41, 5.74) is 16.9. The Morgan fingerprint density at radius 3 is 2.18 bits per heavy atom. The van der Waals surface area contributed by atoms with Crippen LogP contribution in [0.25, 0.3) is 67.2 Å². The predicted molar refractivity (Wildman–Crippen MR) is 215 cm³/mol. The van der Waals surface area contributed by atoms with Crippen molar-refractivity contribution < 1.29 is 0 Å². The summed E-state index contributed by atoms with van der Waals surface area (Å²) in [4.78, 5) is 4.74. The van der Waals surface area contributed by atoms with Crippen molar-refractivity contribution >= 4 is 56.4 Å². The third-order valence-corrected chi connectivity index (χ3v) is 10.1. The number of para-hydroxylation sites is 3. The van der Waals surface area contributed by atoms with Gasteiger partial charge in [0.05, 0.1) is 21.9 Å². The van der Waals surface area contributed by atoms with Crippen LogP contribution in [-0.2, 0) is 0 Å². The van der Waals surface area contributed by atoms with Crippen molar-refractivity contribution in [2.24, 2.45) is 10.7 Å². The first kappa shape index (κ1) is 30.4. The van der Waals surface area contributed by atoms with Gasteiger partial charge in [-0.25, -0.2) is 4.99 Å². The number of aliphatic imine (C=N–C) groups is 1. The number of fused-ring (bicyclic) bond motifs is 6. The topological polar surface area (TPSA) is 48.2 Å². The number of hydrogen-bond donors (Lipinski definition) is 1. The van der Waals surface area contributed by atoms with Gasteiger partial charge in [-0.2, -0.15) is 0 Å². The molecule has 0 amide bonds. The lowest BCUT2D eigenvalue weighted by molar-refractivity contribution is 0.913. The van der Waals surface area contributed by atoms with Crippen molar-refractivity contribution in [3.8, 4) is 16.8 Å². The highest BCUT2D eigenvalue weighted by molar-refractivity contribution is 6.09. The molecule has 1 aliphatic carbocycles. The minimum Gasteiger partial charge on any atom is -0.369 e. The van der Waals surface area contributed by atoms with Crippen molar-refractivity contribution in [3.05, 3.63) is 192 Å². The highest BCUT2D eigenvalue weighted by atomic mass is 15.1. The van der Waals surface area contributed by atoms with E-state index >= 15 is 0 Å². The Balaban J connectivity index is 1.08. The molecule has 0 saturated heterocycles. The Kier molecular flexibility index (Phi) is 7.55. The maximum Gasteiger partial charge on any atom is 0.205 e. The zero-order chi connectivity index (χ0) is 34.3. The molecule has 1 aliphatic rings. The summed E-state index contributed by atoms with van der Waals surface area (Å²) in [6.45, 7) is 4.36. The number of nitrogens with two attached hydrogens (primary N) is 1. The van der Waals surface area contributed by atoms with E-state index in [0.717, 1.165) is 39.6 Å². The van der Waals surface area contributed by atoms with Crippen molar-refractivity contribution in [3.63, 3.8) is 0 Å². The summed E-state index contributed by atoms with van der Waals surface area (Å²) < 4.78 is 4.45. The van der Waals surface area contributed by atoms with Gasteiger partial charge in [-0.05, 0) is 76.7 Å². The van der Waals surface area contributed by atoms with E-state index in [2.05, 4.69) is 167 Å². The minimum atomic E-state index is 0.228. The van der Waals surface area contributed by atoms with Crippen molar-refractivity contribution in [2.45, 2.75) is 12.3 Å². The molecular formula is C47H36N4. The minimum absolute atomic E-state index is 0.228. The summed E-state index contributed by atoms with van der Waals surface area (Å²) in [6.07, 6.45) is 9.29. The van der Waals surface area contributed by atoms with E-state index < -0.39 is 0 Å². The molecule has 2 aromatic heterocycles. The first-order chi connectivity index (χ1) is 25.2. The smallest absolute Gasteiger partial charge is 0.205 e. The van der Waals surface area contributed by atoms with E-state index in [1.165, 1.54) is 43.7 Å². The molecule has 0 spiro atoms. The fraction of sp³-hybridized carbons (Fsp3) is 0.0426. The van der Waals surface area contributed by atoms with E-state index in [1.807, 2.05) is 18.2 Å². The molecule has 2 N–H and O–H groups in total. The van der Waals surface area contributed by atoms with Crippen molar-refractivity contribution in [1.29, 1.82) is 0 Å². The Morgan fingerprint density at radius 2 is 1.35 bits per heavy atom. The normalized spacial score (nSPS) is 14.5. The molecule has 1 atom stereocenters. The average molecular weight is 657 g/mol. The van der Waals surface area contributed by atoms with Gasteiger partial charge in [0.15, 0.2) is 0 Å². The fourth-order valence-corrected chi connectivity index (χ4v) is 7.71. The molecule has 51 heavy (non-hydrogen) atoms. The molecule has 0 saturated carbocycles. The highest BCUT2D eigenvalue weighted by Gasteiger charge is 2.19. The molecule has 8 aromatic rings. The highest BCUT2D eigenvalue weighted by Crippen LogP contribution is 2.35. The van der Waals surface area contributed by atoms with Crippen LogP contribution in [0.5, 0.6) is 0 Å². The van der Waals surface area contributed by atoms with Crippen LogP contribution in [0.1, 0.15) is 23.5 Å². The zero-order valence-electron chi connectivity index (χ0n) is 28.2. The lowest BCUT2D eigenvalue weighted by Crippen LogP contribution is -2.38. The quantitative estimate of drug-likeness (QED) is 0.108. The maximum atomic E-state index is 6.78. The van der Waals surface area contributed by atoms with Gasteiger partial charge in [-0.3, -0.25) is 4.57 Å². The second-order valence-electron chi connectivity index (χ2n) is 13.1. The molecular weight excluding hydrogens is 621 g/mol. The molecule has 0 fully saturated rings. The number of aromatic nitrogens is 2. The van der Waals surface area contributed by atoms with E-state index in [0.29, 0.717) is 5.96 Å². The molecule has 0 aliphatic heterocycles. The zero-order valence-corrected chi connectivity index (χ0v) is 28.2. The fourth-order valence-electron chi connectivity index (χ4n) is 7.71. The first-order valence-electron chi connectivity index (χ1n) is 17.4. The van der Waals surface area contributed by atoms with Gasteiger partial charge in [-0.1, -0.05) is 134 Å². The molecule has 1 unspecified atom stereocenters. The third kappa shape index (κ3) is 5.29. The Labute approximate surface area is 296 Å². The van der Waals surface area contributed by atoms with Crippen LogP contribution in [-0.4, -0.2) is 15.1 Å². The van der Waals surface area contributed by atoms with Crippen LogP contribution in [0.3, 0.4) is 0 Å². The Bertz CT molecular complexity index is 2800. The molecule has 244 valence electrons. The summed E-state index contributed by atoms with van der Waals surface area (Å²) in [5, 5.41) is 5.97. The van der Waals surface area contributed by atoms with E-state index in [1.54, 1.807) is 6.20 Å². The van der Waals surface area contributed by atoms with E-state index in [4.69, 9.17) is 10.7 Å². The third-order valence-electron chi connectivity index (χ3n) is 10.1. The molecule has 6 aromatic carbocycles. The molecule has 0 bridgehead atoms. The first-order valence-corrected chi connectivity index (χ1v) is 17.4. The van der Waals surface area contributed by atoms with Gasteiger partial charge >= 0.3 is 0 Å². The van der Waals surface area contributed by atoms with Gasteiger partial charge in [0.2, 0.25) is 5.96 Å². The van der Waals surface area contributed by atoms with Gasteiger partial charge in [0.1, 0.15) is 0 Å². The molecule has 4 heteroatoms. The van der Waals surface area contributed by atoms with Crippen molar-refractivity contribution in [2.75, 3.05) is 0 Å². The summed E-state index contributed by atoms with van der Waals surface area (Å²) in [5.74, 6) is 0.650. The Morgan fingerprint density at radius 1 is 0.686 bits per heavy atom. The number of rotatable bonds is 6. The van der Waals surface area contributed by atoms with Gasteiger partial charge in [-0.15, -0.1) is 0 Å². The lowest BCUT2D eigenvalue weighted by atomic mass is 9.90. The second-order valence-corrected chi connectivity index (χ2v) is 13.1. The SMILES string of the molecule is C=C(/C=C\N=C(N)n1c2c(c3ccccc31)=CC(c1ccc3c(c1)c1ccccc1n3-c1ccccc1)CC=2)c1ccccc1-c1ccccc1. The predicted octanol–water partition coefficient (Wildman–Crippen LogP) is 9.54. The number of hydrogen-bond acceptors (Lipinski definition) is 1. The average Bonchev–Trinajstić information content (AvgIpc) is 3.71. The van der Waals surface area contributed by atoms with Crippen LogP contribution in [0.15, 0.2) is 176 Å². The molecule has 0 radical (unpaired) electrons. The number of allylic oxidation sites excluding steroid dienone is 2. The molecule has 2 heterocycles. The van der Waals surface area contributed by atoms with Gasteiger partial charge in [0, 0.05) is 39.2 Å². The van der Waals surface area contributed by atoms with Gasteiger partial charge in [0.25, 0.3) is 0 Å². The van der Waals surface area contributed by atoms with Crippen LogP contribution in [0, 0.1) is 0 Å². The lowest BCUT2D eigenvalue weighted by Gasteiger charge is -2.15. The van der Waals surface area contributed by atoms with Crippen LogP contribution in [0.2, 0.25) is 0 Å². The van der Waals surface area contributed by atoms with Crippen LogP contribution >= 0.6 is 0 Å². The maximum absolute atomic E-state index is 6.78. The number of nitrogens with zero attached hydrogens (tertiary/aromatic N) is 3. The summed E-state index contributed by atoms with van der Waals surface area (Å²) in [7, 11) is 0. The van der Waals surface area contributed by atoms with E-state index in [-0.39, 0.29) is 5.92 Å². The molecule has 9 rings (SSSR count). The van der Waals surface area contributed by atoms with Gasteiger partial charge < -0.3 is 10.3 Å². The van der Waals surface area contributed by atoms with Crippen molar-refractivity contribution in [1.82, 2.24) is 9.13 Å². The summed E-state index contributed by atoms with van der Waals surface area (Å²) >= 11 is 0. The van der Waals surface area contributed by atoms with Crippen LogP contribution in [0.4, 0.5) is 0 Å². The molecule has 4 nitrogen and oxygen atoms in total. The summed E-state index contributed by atoms with van der Waals surface area (Å²) in [6, 6.07) is 53.4. The largest absolute Gasteiger partial charge is 0.369 e. The van der Waals surface area contributed by atoms with E-state index in [9.17, 15) is 0 Å². The van der Waals surface area contributed by atoms with Crippen LogP contribution < -0.4 is 16.3 Å². The standard InChI is InChI=1S/C47H36N4/c1-32(37-18-8-9-19-38(37)33-14-4-2-5-15-33)28-29-49-47(48)51-44-23-13-11-21-40(44)42-31-35(25-27-46(42)51)34-24-26-45-41(30-34)39-20-10-12-22-43(39)50(45)36-16-6-3-7-17-36/h2-24,26-31,35H,1,25H2,(H2,48,49)/b29-28-. The Hall–Kier alpha value is -6.65. The second kappa shape index (κ2) is 12.7.